The molecule has 3 heteroatoms. The predicted molar refractivity (Wildman–Crippen MR) is 313 cm³/mol. The molecule has 0 saturated carbocycles. The summed E-state index contributed by atoms with van der Waals surface area (Å²) in [6.45, 7) is 22.6. The third-order valence-corrected chi connectivity index (χ3v) is 15.6. The van der Waals surface area contributed by atoms with Crippen LogP contribution < -0.4 is 0 Å². The summed E-state index contributed by atoms with van der Waals surface area (Å²) in [7, 11) is 0. The minimum atomic E-state index is 0.924. The third-order valence-electron chi connectivity index (χ3n) is 15.0. The summed E-state index contributed by atoms with van der Waals surface area (Å²) in [4.78, 5) is 6.34. The van der Waals surface area contributed by atoms with E-state index < -0.39 is 0 Å². The Bertz CT molecular complexity index is 1840. The Labute approximate surface area is 448 Å². The molecule has 1 heterocycles. The molecule has 0 saturated heterocycles. The first kappa shape index (κ1) is 64.2. The van der Waals surface area contributed by atoms with Gasteiger partial charge in [-0.05, 0) is 136 Å². The molecule has 2 aromatic rings. The molecule has 71 heavy (non-hydrogen) atoms. The van der Waals surface area contributed by atoms with Gasteiger partial charge in [0, 0.05) is 22.3 Å². The standard InChI is InChI=1S/C40H60N2.2C14H25.Ni/c1-9-14-18-21-32-27-35(28-33(22-19-15-10-2)37(32)24-20-16-11-3)39-36(13-5)38(23-17-12-4)40(42(39)41)34-25-29(6)31(8)30(7)26-34;2*1-3-5-7-9-11-13-14-12-10-8-6-4-2;/h25-28H,9-24H2,1-8H3;2*3,5-14H2,1H3;. The van der Waals surface area contributed by atoms with Gasteiger partial charge in [0.15, 0.2) is 0 Å². The van der Waals surface area contributed by atoms with Crippen LogP contribution in [-0.4, -0.2) is 4.70 Å². The Morgan fingerprint density at radius 3 is 1.15 bits per heavy atom. The fraction of sp³-hybridized carbons (Fsp3) is 0.706. The van der Waals surface area contributed by atoms with Gasteiger partial charge in [-0.2, -0.15) is 0 Å². The Kier molecular flexibility index (Phi) is 38.4. The number of hydrogen-bond acceptors (Lipinski definition) is 0. The molecular weight excluding hydrogens is 903 g/mol. The average Bonchev–Trinajstić information content (AvgIpc) is 3.65. The summed E-state index contributed by atoms with van der Waals surface area (Å²) in [5.74, 6) is 6.55. The van der Waals surface area contributed by atoms with Crippen LogP contribution in [0.25, 0.3) is 16.9 Å². The zero-order valence-corrected chi connectivity index (χ0v) is 49.4. The molecule has 2 aromatic carbocycles. The van der Waals surface area contributed by atoms with Gasteiger partial charge in [0.25, 0.3) is 0 Å². The zero-order valence-electron chi connectivity index (χ0n) is 48.4. The predicted octanol–water partition coefficient (Wildman–Crippen LogP) is 22.2. The normalized spacial score (nSPS) is 12.3. The molecule has 0 bridgehead atoms. The fourth-order valence-electron chi connectivity index (χ4n) is 10.4. The molecule has 0 aromatic heterocycles. The molecular formula is C68H110N2Ni. The summed E-state index contributed by atoms with van der Waals surface area (Å²) in [5, 5.41) is 0. The van der Waals surface area contributed by atoms with Crippen molar-refractivity contribution in [3.8, 4) is 21.6 Å². The van der Waals surface area contributed by atoms with E-state index in [1.807, 2.05) is 0 Å². The van der Waals surface area contributed by atoms with E-state index in [9.17, 15) is 5.53 Å². The quantitative estimate of drug-likeness (QED) is 0.0277. The van der Waals surface area contributed by atoms with Crippen LogP contribution in [0.3, 0.4) is 0 Å². The van der Waals surface area contributed by atoms with Gasteiger partial charge in [-0.3, -0.25) is 0 Å². The summed E-state index contributed by atoms with van der Waals surface area (Å²) >= 11 is 1.31. The Morgan fingerprint density at radius 1 is 0.394 bits per heavy atom. The first-order valence-electron chi connectivity index (χ1n) is 30.4. The third kappa shape index (κ3) is 26.3. The van der Waals surface area contributed by atoms with E-state index in [2.05, 4.69) is 115 Å². The van der Waals surface area contributed by atoms with Gasteiger partial charge in [-0.15, -0.1) is 0 Å². The molecule has 2 nitrogen and oxygen atoms in total. The first-order chi connectivity index (χ1) is 34.7. The van der Waals surface area contributed by atoms with E-state index in [4.69, 9.17) is 0 Å². The number of rotatable bonds is 38. The topological polar surface area (TPSA) is 25.3 Å². The van der Waals surface area contributed by atoms with Crippen molar-refractivity contribution >= 4 is 11.4 Å². The Balaban J connectivity index is 0.000000524. The van der Waals surface area contributed by atoms with E-state index in [1.54, 1.807) is 10.3 Å². The van der Waals surface area contributed by atoms with E-state index in [-0.39, 0.29) is 0 Å². The summed E-state index contributed by atoms with van der Waals surface area (Å²) in [6, 6.07) is 9.51. The van der Waals surface area contributed by atoms with Gasteiger partial charge >= 0.3 is 164 Å². The Morgan fingerprint density at radius 2 is 0.746 bits per heavy atom. The fourth-order valence-corrected chi connectivity index (χ4v) is 10.8. The van der Waals surface area contributed by atoms with Gasteiger partial charge in [0.2, 0.25) is 11.4 Å². The molecule has 402 valence electrons. The maximum absolute atomic E-state index is 12.1. The number of benzene rings is 2. The van der Waals surface area contributed by atoms with Crippen molar-refractivity contribution in [2.24, 2.45) is 0 Å². The summed E-state index contributed by atoms with van der Waals surface area (Å²) < 4.78 is 1.59. The molecule has 1 aliphatic heterocycles. The van der Waals surface area contributed by atoms with E-state index in [0.29, 0.717) is 0 Å². The van der Waals surface area contributed by atoms with Crippen molar-refractivity contribution in [1.82, 2.24) is 0 Å². The second kappa shape index (κ2) is 42.5. The minimum Gasteiger partial charge on any atom is -0.493 e. The van der Waals surface area contributed by atoms with Gasteiger partial charge < -0.3 is 5.53 Å². The second-order valence-electron chi connectivity index (χ2n) is 21.3. The number of hydrogen-bond donors (Lipinski definition) is 0. The molecule has 0 N–H and O–H groups in total. The molecule has 1 aliphatic rings. The SMILES string of the molecule is CCCCCCCCCCCCC#[C][Ni][C]#CCCCCCCCCCCCC.CCCCCc1cc(C2=C(CC)C(CCCC)=C(c3cc(C)c(C)c(C)c3)[N+]2=[N-])cc(CCCCC)c1CCCCC. The van der Waals surface area contributed by atoms with Crippen LogP contribution in [0, 0.1) is 42.4 Å². The minimum absolute atomic E-state index is 0.924. The van der Waals surface area contributed by atoms with Crippen molar-refractivity contribution in [2.75, 3.05) is 0 Å². The number of nitrogens with zero attached hydrogens (tertiary/aromatic N) is 2. The van der Waals surface area contributed by atoms with Crippen molar-refractivity contribution < 1.29 is 19.1 Å². The van der Waals surface area contributed by atoms with Crippen molar-refractivity contribution in [2.45, 2.75) is 313 Å². The van der Waals surface area contributed by atoms with Crippen LogP contribution in [0.4, 0.5) is 0 Å². The molecule has 0 fully saturated rings. The average molecular weight is 1010 g/mol. The molecule has 0 radical (unpaired) electrons. The molecule has 3 rings (SSSR count). The van der Waals surface area contributed by atoms with Gasteiger partial charge in [0.1, 0.15) is 0 Å². The van der Waals surface area contributed by atoms with Crippen LogP contribution >= 0.6 is 0 Å². The second-order valence-corrected chi connectivity index (χ2v) is 22.0. The van der Waals surface area contributed by atoms with Gasteiger partial charge in [-0.25, -0.2) is 4.70 Å². The van der Waals surface area contributed by atoms with Crippen LogP contribution in [0.15, 0.2) is 35.4 Å². The van der Waals surface area contributed by atoms with Crippen molar-refractivity contribution in [3.05, 3.63) is 85.5 Å². The number of aryl methyl sites for hydroxylation is 4. The van der Waals surface area contributed by atoms with E-state index in [1.165, 1.54) is 252 Å². The molecule has 0 aliphatic carbocycles. The number of unbranched alkanes of at least 4 members (excludes halogenated alkanes) is 27. The van der Waals surface area contributed by atoms with Crippen LogP contribution in [0.2, 0.25) is 0 Å². The number of allylic oxidation sites excluding steroid dienone is 2. The molecule has 0 unspecified atom stereocenters. The van der Waals surface area contributed by atoms with Crippen LogP contribution in [0.1, 0.15) is 318 Å². The molecule has 0 atom stereocenters. The van der Waals surface area contributed by atoms with Gasteiger partial charge in [0.05, 0.1) is 0 Å². The summed E-state index contributed by atoms with van der Waals surface area (Å²) in [6.07, 6.45) is 49.0. The zero-order chi connectivity index (χ0) is 51.7. The van der Waals surface area contributed by atoms with Crippen LogP contribution in [-0.2, 0) is 33.7 Å². The molecule has 0 spiro atoms. The van der Waals surface area contributed by atoms with E-state index in [0.717, 1.165) is 68.3 Å². The monoisotopic (exact) mass is 1010 g/mol. The molecule has 0 amide bonds. The maximum atomic E-state index is 12.1. The van der Waals surface area contributed by atoms with Crippen molar-refractivity contribution in [1.29, 1.82) is 0 Å². The summed E-state index contributed by atoms with van der Waals surface area (Å²) in [5.41, 5.74) is 27.8. The van der Waals surface area contributed by atoms with Crippen molar-refractivity contribution in [3.63, 3.8) is 0 Å². The smallest absolute Gasteiger partial charge is 0.493 e. The van der Waals surface area contributed by atoms with E-state index >= 15 is 0 Å². The van der Waals surface area contributed by atoms with Gasteiger partial charge in [-0.1, -0.05) is 106 Å². The van der Waals surface area contributed by atoms with Crippen LogP contribution in [0.5, 0.6) is 0 Å². The Hall–Kier alpha value is -2.87. The first-order valence-corrected chi connectivity index (χ1v) is 31.4.